The molecule has 0 saturated heterocycles. The number of hydrogen-bond donors (Lipinski definition) is 0. The van der Waals surface area contributed by atoms with Crippen molar-refractivity contribution >= 4 is 8.32 Å². The van der Waals surface area contributed by atoms with Gasteiger partial charge in [-0.3, -0.25) is 0 Å². The Balaban J connectivity index is 2.04. The lowest BCUT2D eigenvalue weighted by Gasteiger charge is -2.39. The fourth-order valence-electron chi connectivity index (χ4n) is 4.69. The van der Waals surface area contributed by atoms with E-state index in [-0.39, 0.29) is 6.10 Å². The molecule has 1 heterocycles. The number of benzene rings is 1. The van der Waals surface area contributed by atoms with Crippen molar-refractivity contribution in [1.29, 1.82) is 0 Å². The number of aromatic nitrogens is 2. The number of hydrogen-bond acceptors (Lipinski definition) is 2. The van der Waals surface area contributed by atoms with E-state index < -0.39 is 8.32 Å². The summed E-state index contributed by atoms with van der Waals surface area (Å²) in [5.74, 6) is 1.68. The van der Waals surface area contributed by atoms with E-state index in [4.69, 9.17) is 4.43 Å². The van der Waals surface area contributed by atoms with Crippen LogP contribution in [0.4, 0.5) is 0 Å². The minimum absolute atomic E-state index is 0.213. The molecular formula is C23H36N2OSi. The summed E-state index contributed by atoms with van der Waals surface area (Å²) >= 11 is 0. The van der Waals surface area contributed by atoms with Crippen LogP contribution in [-0.2, 0) is 11.5 Å². The van der Waals surface area contributed by atoms with Gasteiger partial charge in [-0.15, -0.1) is 0 Å². The molecule has 0 N–H and O–H groups in total. The molecule has 4 heteroatoms. The Morgan fingerprint density at radius 1 is 1.07 bits per heavy atom. The van der Waals surface area contributed by atoms with E-state index >= 15 is 0 Å². The Labute approximate surface area is 166 Å². The lowest BCUT2D eigenvalue weighted by atomic mass is 9.81. The lowest BCUT2D eigenvalue weighted by Crippen LogP contribution is -2.39. The molecule has 27 heavy (non-hydrogen) atoms. The third-order valence-electron chi connectivity index (χ3n) is 6.72. The Morgan fingerprint density at radius 2 is 1.74 bits per heavy atom. The third-order valence-corrected chi connectivity index (χ3v) is 11.3. The van der Waals surface area contributed by atoms with E-state index in [9.17, 15) is 0 Å². The SMILES string of the molecule is CC[Si](CC)(CC)OC(c1ccccc1-c1nccn1C)C1CCCCC1. The van der Waals surface area contributed by atoms with Gasteiger partial charge in [0.25, 0.3) is 0 Å². The van der Waals surface area contributed by atoms with E-state index in [1.165, 1.54) is 61.4 Å². The summed E-state index contributed by atoms with van der Waals surface area (Å²) in [6.45, 7) is 7.01. The van der Waals surface area contributed by atoms with Crippen molar-refractivity contribution in [2.45, 2.75) is 77.1 Å². The van der Waals surface area contributed by atoms with Gasteiger partial charge in [0.1, 0.15) is 5.82 Å². The van der Waals surface area contributed by atoms with Gasteiger partial charge in [-0.25, -0.2) is 4.98 Å². The van der Waals surface area contributed by atoms with Gasteiger partial charge in [-0.1, -0.05) is 64.3 Å². The Kier molecular flexibility index (Phi) is 6.93. The van der Waals surface area contributed by atoms with Crippen LogP contribution >= 0.6 is 0 Å². The molecule has 0 bridgehead atoms. The molecule has 1 unspecified atom stereocenters. The quantitative estimate of drug-likeness (QED) is 0.472. The first-order chi connectivity index (χ1) is 13.1. The van der Waals surface area contributed by atoms with Gasteiger partial charge in [0.2, 0.25) is 0 Å². The van der Waals surface area contributed by atoms with Gasteiger partial charge in [0.05, 0.1) is 6.10 Å². The van der Waals surface area contributed by atoms with Gasteiger partial charge in [-0.2, -0.15) is 0 Å². The molecule has 2 aromatic rings. The second kappa shape index (κ2) is 9.20. The van der Waals surface area contributed by atoms with E-state index in [0.29, 0.717) is 5.92 Å². The average molecular weight is 385 g/mol. The summed E-state index contributed by atoms with van der Waals surface area (Å²) in [4.78, 5) is 4.65. The maximum Gasteiger partial charge on any atom is 0.192 e. The van der Waals surface area contributed by atoms with Gasteiger partial charge in [0.15, 0.2) is 8.32 Å². The van der Waals surface area contributed by atoms with Crippen molar-refractivity contribution in [3.05, 3.63) is 42.2 Å². The van der Waals surface area contributed by atoms with Crippen LogP contribution in [0, 0.1) is 5.92 Å². The number of rotatable bonds is 8. The second-order valence-electron chi connectivity index (χ2n) is 8.13. The van der Waals surface area contributed by atoms with Crippen molar-refractivity contribution < 1.29 is 4.43 Å². The van der Waals surface area contributed by atoms with Crippen LogP contribution in [0.5, 0.6) is 0 Å². The first-order valence-corrected chi connectivity index (χ1v) is 13.4. The molecule has 0 aliphatic heterocycles. The zero-order valence-electron chi connectivity index (χ0n) is 17.6. The van der Waals surface area contributed by atoms with Gasteiger partial charge < -0.3 is 8.99 Å². The highest BCUT2D eigenvalue weighted by atomic mass is 28.4. The predicted molar refractivity (Wildman–Crippen MR) is 116 cm³/mol. The zero-order valence-corrected chi connectivity index (χ0v) is 18.6. The first kappa shape index (κ1) is 20.3. The Morgan fingerprint density at radius 3 is 2.33 bits per heavy atom. The molecule has 1 atom stereocenters. The molecule has 1 aliphatic rings. The molecule has 148 valence electrons. The molecule has 0 radical (unpaired) electrons. The number of imidazole rings is 1. The van der Waals surface area contributed by atoms with Crippen LogP contribution in [0.25, 0.3) is 11.4 Å². The molecule has 1 aromatic heterocycles. The van der Waals surface area contributed by atoms with Crippen molar-refractivity contribution in [3.8, 4) is 11.4 Å². The van der Waals surface area contributed by atoms with Gasteiger partial charge in [0, 0.05) is 25.0 Å². The van der Waals surface area contributed by atoms with Crippen LogP contribution < -0.4 is 0 Å². The van der Waals surface area contributed by atoms with Crippen LogP contribution in [0.15, 0.2) is 36.7 Å². The van der Waals surface area contributed by atoms with Crippen LogP contribution in [0.2, 0.25) is 18.1 Å². The highest BCUT2D eigenvalue weighted by Crippen LogP contribution is 2.43. The molecule has 0 amide bonds. The fraction of sp³-hybridized carbons (Fsp3) is 0.609. The highest BCUT2D eigenvalue weighted by molar-refractivity contribution is 6.73. The molecule has 1 saturated carbocycles. The van der Waals surface area contributed by atoms with Crippen LogP contribution in [0.1, 0.15) is 64.5 Å². The minimum atomic E-state index is -1.70. The summed E-state index contributed by atoms with van der Waals surface area (Å²) < 4.78 is 9.32. The summed E-state index contributed by atoms with van der Waals surface area (Å²) in [6.07, 6.45) is 10.8. The molecule has 1 fully saturated rings. The standard InChI is InChI=1S/C23H36N2OSi/c1-5-27(6-2,7-3)26-22(19-13-9-8-10-14-19)20-15-11-12-16-21(20)23-24-17-18-25(23)4/h11-12,15-19,22H,5-10,13-14H2,1-4H3. The highest BCUT2D eigenvalue weighted by Gasteiger charge is 2.37. The van der Waals surface area contributed by atoms with Crippen molar-refractivity contribution in [2.24, 2.45) is 13.0 Å². The summed E-state index contributed by atoms with van der Waals surface area (Å²) in [5.41, 5.74) is 2.60. The van der Waals surface area contributed by atoms with Crippen molar-refractivity contribution in [1.82, 2.24) is 9.55 Å². The smallest absolute Gasteiger partial charge is 0.192 e. The van der Waals surface area contributed by atoms with E-state index in [0.717, 1.165) is 5.82 Å². The summed E-state index contributed by atoms with van der Waals surface area (Å²) in [7, 11) is 0.386. The summed E-state index contributed by atoms with van der Waals surface area (Å²) in [5, 5.41) is 0. The Bertz CT molecular complexity index is 708. The summed E-state index contributed by atoms with van der Waals surface area (Å²) in [6, 6.07) is 12.4. The van der Waals surface area contributed by atoms with Gasteiger partial charge >= 0.3 is 0 Å². The molecule has 0 spiro atoms. The average Bonchev–Trinajstić information content (AvgIpc) is 3.16. The third kappa shape index (κ3) is 4.38. The van der Waals surface area contributed by atoms with Crippen LogP contribution in [-0.4, -0.2) is 17.9 Å². The maximum absolute atomic E-state index is 7.19. The number of aryl methyl sites for hydroxylation is 1. The predicted octanol–water partition coefficient (Wildman–Crippen LogP) is 6.73. The second-order valence-corrected chi connectivity index (χ2v) is 12.9. The van der Waals surface area contributed by atoms with Crippen molar-refractivity contribution in [2.75, 3.05) is 0 Å². The normalized spacial score (nSPS) is 17.2. The topological polar surface area (TPSA) is 27.1 Å². The Hall–Kier alpha value is -1.39. The molecule has 1 aromatic carbocycles. The lowest BCUT2D eigenvalue weighted by molar-refractivity contribution is 0.0971. The molecule has 3 rings (SSSR count). The monoisotopic (exact) mass is 384 g/mol. The van der Waals surface area contributed by atoms with E-state index in [1.54, 1.807) is 0 Å². The minimum Gasteiger partial charge on any atom is -0.410 e. The van der Waals surface area contributed by atoms with Gasteiger partial charge in [-0.05, 0) is 42.5 Å². The molecule has 1 aliphatic carbocycles. The largest absolute Gasteiger partial charge is 0.410 e. The molecular weight excluding hydrogens is 348 g/mol. The van der Waals surface area contributed by atoms with Crippen molar-refractivity contribution in [3.63, 3.8) is 0 Å². The first-order valence-electron chi connectivity index (χ1n) is 10.9. The zero-order chi connectivity index (χ0) is 19.3. The fourth-order valence-corrected chi connectivity index (χ4v) is 7.55. The van der Waals surface area contributed by atoms with Crippen LogP contribution in [0.3, 0.4) is 0 Å². The van der Waals surface area contributed by atoms with E-state index in [2.05, 4.69) is 61.6 Å². The number of nitrogens with zero attached hydrogens (tertiary/aromatic N) is 2. The van der Waals surface area contributed by atoms with E-state index in [1.807, 2.05) is 12.4 Å². The molecule has 3 nitrogen and oxygen atoms in total. The maximum atomic E-state index is 7.19.